The van der Waals surface area contributed by atoms with E-state index in [9.17, 15) is 23.5 Å². The zero-order valence-corrected chi connectivity index (χ0v) is 19.1. The van der Waals surface area contributed by atoms with Crippen molar-refractivity contribution in [2.24, 2.45) is 23.2 Å². The van der Waals surface area contributed by atoms with Crippen LogP contribution in [0, 0.1) is 34.9 Å². The van der Waals surface area contributed by atoms with E-state index in [1.807, 2.05) is 13.0 Å². The molecule has 0 saturated heterocycles. The van der Waals surface area contributed by atoms with Gasteiger partial charge < -0.3 is 10.4 Å². The van der Waals surface area contributed by atoms with Crippen LogP contribution < -0.4 is 5.32 Å². The van der Waals surface area contributed by atoms with Gasteiger partial charge in [0, 0.05) is 17.4 Å². The molecule has 0 spiro atoms. The molecule has 1 aromatic heterocycles. The van der Waals surface area contributed by atoms with Crippen LogP contribution in [0.25, 0.3) is 0 Å². The average molecular weight is 467 g/mol. The van der Waals surface area contributed by atoms with Gasteiger partial charge in [0.05, 0.1) is 6.26 Å². The number of hydrogen-bond donors (Lipinski definition) is 2. The monoisotopic (exact) mass is 466 g/mol. The number of amides is 1. The minimum atomic E-state index is -0.675. The summed E-state index contributed by atoms with van der Waals surface area (Å²) in [5.74, 6) is -0.892. The molecule has 2 fully saturated rings. The summed E-state index contributed by atoms with van der Waals surface area (Å²) in [5, 5.41) is 12.6. The van der Waals surface area contributed by atoms with Gasteiger partial charge in [0.2, 0.25) is 11.9 Å². The highest BCUT2D eigenvalue weighted by molar-refractivity contribution is 6.03. The Bertz CT molecular complexity index is 1180. The summed E-state index contributed by atoms with van der Waals surface area (Å²) in [6.07, 6.45) is 4.61. The summed E-state index contributed by atoms with van der Waals surface area (Å²) in [6.45, 7) is 2.00. The SMILES string of the molecule is CC12CCC3c4ccc(F)cc4CCC3C1[C@H](CCC(=O)Nc1cccc(F)n1)/C(=C/O)C2=O. The number of allylic oxidation sites excluding steroid dienone is 1. The molecule has 2 N–H and O–H groups in total. The first kappa shape index (κ1) is 22.7. The number of aryl methyl sites for hydroxylation is 1. The molecule has 2 saturated carbocycles. The van der Waals surface area contributed by atoms with Crippen LogP contribution in [-0.4, -0.2) is 21.8 Å². The first-order chi connectivity index (χ1) is 16.3. The van der Waals surface area contributed by atoms with Crippen LogP contribution in [0.1, 0.15) is 56.1 Å². The standard InChI is InChI=1S/C27H28F2N2O3/c1-27-12-11-18-17-8-6-16(28)13-15(17)5-7-19(18)25(27)20(21(14-32)26(27)34)9-10-24(33)31-23-4-2-3-22(29)30-23/h2-4,6,8,13-14,18-20,25,32H,5,7,9-12H2,1H3,(H,30,31,33)/b21-14-/t18?,19?,20-,25?,27?/m1/s1. The number of ketones is 1. The van der Waals surface area contributed by atoms with Gasteiger partial charge in [-0.05, 0) is 91.2 Å². The van der Waals surface area contributed by atoms with E-state index < -0.39 is 11.4 Å². The van der Waals surface area contributed by atoms with Gasteiger partial charge in [0.15, 0.2) is 5.78 Å². The summed E-state index contributed by atoms with van der Waals surface area (Å²) in [7, 11) is 0. The first-order valence-corrected chi connectivity index (χ1v) is 11.9. The Kier molecular flexibility index (Phi) is 5.74. The molecular formula is C27H28F2N2O3. The molecule has 4 unspecified atom stereocenters. The molecule has 0 bridgehead atoms. The summed E-state index contributed by atoms with van der Waals surface area (Å²) in [5.41, 5.74) is 2.03. The van der Waals surface area contributed by atoms with E-state index in [2.05, 4.69) is 10.3 Å². The van der Waals surface area contributed by atoms with E-state index in [-0.39, 0.29) is 53.4 Å². The average Bonchev–Trinajstić information content (AvgIpc) is 3.03. The van der Waals surface area contributed by atoms with Crippen LogP contribution in [0.5, 0.6) is 0 Å². The highest BCUT2D eigenvalue weighted by Crippen LogP contribution is 2.63. The van der Waals surface area contributed by atoms with E-state index in [0.717, 1.165) is 31.1 Å². The molecule has 0 aliphatic heterocycles. The Hall–Kier alpha value is -3.09. The number of carbonyl (C=O) groups is 2. The molecule has 1 aromatic carbocycles. The number of aromatic nitrogens is 1. The number of aliphatic hydroxyl groups excluding tert-OH is 1. The Labute approximate surface area is 197 Å². The molecule has 5 atom stereocenters. The van der Waals surface area contributed by atoms with Gasteiger partial charge in [0.1, 0.15) is 11.6 Å². The zero-order valence-electron chi connectivity index (χ0n) is 19.1. The van der Waals surface area contributed by atoms with Crippen molar-refractivity contribution in [3.05, 3.63) is 71.1 Å². The molecule has 5 nitrogen and oxygen atoms in total. The summed E-state index contributed by atoms with van der Waals surface area (Å²) in [4.78, 5) is 29.7. The van der Waals surface area contributed by atoms with Crippen molar-refractivity contribution in [1.82, 2.24) is 4.98 Å². The highest BCUT2D eigenvalue weighted by atomic mass is 19.1. The van der Waals surface area contributed by atoms with Crippen molar-refractivity contribution in [2.75, 3.05) is 5.32 Å². The maximum absolute atomic E-state index is 13.8. The topological polar surface area (TPSA) is 79.3 Å². The molecule has 3 aliphatic carbocycles. The van der Waals surface area contributed by atoms with E-state index >= 15 is 0 Å². The lowest BCUT2D eigenvalue weighted by molar-refractivity contribution is -0.127. The maximum Gasteiger partial charge on any atom is 0.225 e. The van der Waals surface area contributed by atoms with Gasteiger partial charge >= 0.3 is 0 Å². The summed E-state index contributed by atoms with van der Waals surface area (Å²) >= 11 is 0. The van der Waals surface area contributed by atoms with E-state index in [1.54, 1.807) is 6.07 Å². The van der Waals surface area contributed by atoms with Crippen molar-refractivity contribution < 1.29 is 23.5 Å². The zero-order chi connectivity index (χ0) is 24.0. The number of aliphatic hydroxyl groups is 1. The highest BCUT2D eigenvalue weighted by Gasteiger charge is 2.60. The van der Waals surface area contributed by atoms with Crippen LogP contribution >= 0.6 is 0 Å². The lowest BCUT2D eigenvalue weighted by atomic mass is 9.54. The van der Waals surface area contributed by atoms with Crippen molar-refractivity contribution in [3.63, 3.8) is 0 Å². The second-order valence-corrected chi connectivity index (χ2v) is 10.1. The number of Topliss-reactive ketones (excluding diaryl/α,β-unsaturated/α-hetero) is 1. The molecule has 1 amide bonds. The Balaban J connectivity index is 1.40. The quantitative estimate of drug-likeness (QED) is 0.355. The number of fused-ring (bicyclic) bond motifs is 5. The molecule has 178 valence electrons. The third kappa shape index (κ3) is 3.71. The molecule has 3 aliphatic rings. The van der Waals surface area contributed by atoms with E-state index in [4.69, 9.17) is 0 Å². The number of rotatable bonds is 4. The van der Waals surface area contributed by atoms with Gasteiger partial charge in [-0.15, -0.1) is 0 Å². The van der Waals surface area contributed by atoms with Gasteiger partial charge in [-0.2, -0.15) is 4.39 Å². The predicted octanol–water partition coefficient (Wildman–Crippen LogP) is 5.48. The van der Waals surface area contributed by atoms with Crippen molar-refractivity contribution in [1.29, 1.82) is 0 Å². The Morgan fingerprint density at radius 2 is 2.09 bits per heavy atom. The minimum absolute atomic E-state index is 0.00422. The second kappa shape index (κ2) is 8.60. The van der Waals surface area contributed by atoms with Gasteiger partial charge in [-0.25, -0.2) is 9.37 Å². The lowest BCUT2D eigenvalue weighted by Gasteiger charge is -2.49. The van der Waals surface area contributed by atoms with E-state index in [0.29, 0.717) is 18.4 Å². The van der Waals surface area contributed by atoms with Crippen LogP contribution in [0.3, 0.4) is 0 Å². The molecule has 5 rings (SSSR count). The largest absolute Gasteiger partial charge is 0.515 e. The van der Waals surface area contributed by atoms with Crippen molar-refractivity contribution >= 4 is 17.5 Å². The number of carbonyl (C=O) groups excluding carboxylic acids is 2. The van der Waals surface area contributed by atoms with Crippen LogP contribution in [-0.2, 0) is 16.0 Å². The van der Waals surface area contributed by atoms with Gasteiger partial charge in [0.25, 0.3) is 0 Å². The number of halogens is 2. The molecule has 2 aromatic rings. The van der Waals surface area contributed by atoms with Crippen molar-refractivity contribution in [2.45, 2.75) is 51.4 Å². The first-order valence-electron chi connectivity index (χ1n) is 11.9. The third-order valence-corrected chi connectivity index (χ3v) is 8.36. The Morgan fingerprint density at radius 1 is 1.26 bits per heavy atom. The third-order valence-electron chi connectivity index (χ3n) is 8.36. The minimum Gasteiger partial charge on any atom is -0.515 e. The number of anilines is 1. The van der Waals surface area contributed by atoms with Gasteiger partial charge in [-0.1, -0.05) is 19.1 Å². The van der Waals surface area contributed by atoms with Crippen molar-refractivity contribution in [3.8, 4) is 0 Å². The summed E-state index contributed by atoms with van der Waals surface area (Å²) < 4.78 is 27.2. The smallest absolute Gasteiger partial charge is 0.225 e. The lowest BCUT2D eigenvalue weighted by Crippen LogP contribution is -2.44. The molecule has 34 heavy (non-hydrogen) atoms. The number of pyridine rings is 1. The molecule has 1 heterocycles. The normalized spacial score (nSPS) is 31.0. The molecule has 7 heteroatoms. The van der Waals surface area contributed by atoms with Crippen LogP contribution in [0.15, 0.2) is 48.2 Å². The fourth-order valence-corrected chi connectivity index (χ4v) is 6.96. The molecule has 0 radical (unpaired) electrons. The number of nitrogens with one attached hydrogen (secondary N) is 1. The number of benzene rings is 1. The number of hydrogen-bond acceptors (Lipinski definition) is 4. The van der Waals surface area contributed by atoms with Gasteiger partial charge in [-0.3, -0.25) is 9.59 Å². The fourth-order valence-electron chi connectivity index (χ4n) is 6.96. The summed E-state index contributed by atoms with van der Waals surface area (Å²) in [6, 6.07) is 9.22. The van der Waals surface area contributed by atoms with E-state index in [1.165, 1.54) is 29.8 Å². The molecular weight excluding hydrogens is 438 g/mol. The second-order valence-electron chi connectivity index (χ2n) is 10.1. The predicted molar refractivity (Wildman–Crippen MR) is 123 cm³/mol. The Morgan fingerprint density at radius 3 is 2.85 bits per heavy atom. The maximum atomic E-state index is 13.8. The van der Waals surface area contributed by atoms with Crippen LogP contribution in [0.4, 0.5) is 14.6 Å². The fraction of sp³-hybridized carbons (Fsp3) is 0.444. The van der Waals surface area contributed by atoms with Crippen LogP contribution in [0.2, 0.25) is 0 Å². The number of nitrogens with zero attached hydrogens (tertiary/aromatic N) is 1.